The zero-order chi connectivity index (χ0) is 26.0. The maximum absolute atomic E-state index is 13.1. The van der Waals surface area contributed by atoms with Crippen molar-refractivity contribution in [1.29, 1.82) is 0 Å². The highest BCUT2D eigenvalue weighted by atomic mass is 32.2. The highest BCUT2D eigenvalue weighted by molar-refractivity contribution is 7.93. The van der Waals surface area contributed by atoms with Crippen LogP contribution < -0.4 is 14.4 Å². The van der Waals surface area contributed by atoms with Crippen LogP contribution >= 0.6 is 0 Å². The summed E-state index contributed by atoms with van der Waals surface area (Å²) in [5.41, 5.74) is 1.56. The molecule has 1 saturated heterocycles. The first-order valence-electron chi connectivity index (χ1n) is 11.7. The Labute approximate surface area is 215 Å². The number of nitrogens with one attached hydrogen (secondary N) is 1. The SMILES string of the molecule is COc1ccccc1N1CCN(C(=O)c2ccc(NS(=O)(=O)c3cccc4cccnc34)c(O)c2)CC1. The van der Waals surface area contributed by atoms with Crippen molar-refractivity contribution in [2.45, 2.75) is 4.90 Å². The Morgan fingerprint density at radius 1 is 0.973 bits per heavy atom. The monoisotopic (exact) mass is 518 g/mol. The number of phenols is 1. The number of ether oxygens (including phenoxy) is 1. The quantitative estimate of drug-likeness (QED) is 0.374. The van der Waals surface area contributed by atoms with Gasteiger partial charge in [-0.1, -0.05) is 30.3 Å². The molecule has 37 heavy (non-hydrogen) atoms. The minimum atomic E-state index is -4.04. The number of aromatic hydroxyl groups is 1. The van der Waals surface area contributed by atoms with Gasteiger partial charge in [0.15, 0.2) is 0 Å². The summed E-state index contributed by atoms with van der Waals surface area (Å²) < 4.78 is 34.0. The van der Waals surface area contributed by atoms with E-state index >= 15 is 0 Å². The number of carbonyl (C=O) groups excluding carboxylic acids is 1. The lowest BCUT2D eigenvalue weighted by atomic mass is 10.1. The number of para-hydroxylation sites is 3. The van der Waals surface area contributed by atoms with Gasteiger partial charge in [-0.2, -0.15) is 0 Å². The number of rotatable bonds is 6. The second-order valence-corrected chi connectivity index (χ2v) is 10.3. The predicted octanol–water partition coefficient (Wildman–Crippen LogP) is 3.71. The van der Waals surface area contributed by atoms with Gasteiger partial charge in [-0.15, -0.1) is 0 Å². The zero-order valence-electron chi connectivity index (χ0n) is 20.2. The zero-order valence-corrected chi connectivity index (χ0v) is 21.0. The first kappa shape index (κ1) is 24.4. The summed E-state index contributed by atoms with van der Waals surface area (Å²) in [4.78, 5) is 21.2. The molecule has 3 aromatic carbocycles. The fourth-order valence-electron chi connectivity index (χ4n) is 4.47. The van der Waals surface area contributed by atoms with Crippen molar-refractivity contribution < 1.29 is 23.1 Å². The number of carbonyl (C=O) groups is 1. The lowest BCUT2D eigenvalue weighted by Gasteiger charge is -2.36. The van der Waals surface area contributed by atoms with Crippen LogP contribution in [0.4, 0.5) is 11.4 Å². The molecule has 1 aliphatic heterocycles. The molecule has 2 N–H and O–H groups in total. The Balaban J connectivity index is 1.29. The van der Waals surface area contributed by atoms with E-state index in [9.17, 15) is 18.3 Å². The number of pyridine rings is 1. The van der Waals surface area contributed by atoms with E-state index in [-0.39, 0.29) is 27.8 Å². The Morgan fingerprint density at radius 2 is 1.73 bits per heavy atom. The summed E-state index contributed by atoms with van der Waals surface area (Å²) >= 11 is 0. The third-order valence-corrected chi connectivity index (χ3v) is 7.76. The number of piperazine rings is 1. The van der Waals surface area contributed by atoms with E-state index in [1.807, 2.05) is 24.3 Å². The van der Waals surface area contributed by atoms with Crippen molar-refractivity contribution in [3.63, 3.8) is 0 Å². The Hall–Kier alpha value is -4.31. The van der Waals surface area contributed by atoms with Crippen molar-refractivity contribution in [3.8, 4) is 11.5 Å². The molecule has 1 aliphatic rings. The first-order chi connectivity index (χ1) is 17.9. The van der Waals surface area contributed by atoms with E-state index in [1.165, 1.54) is 30.5 Å². The van der Waals surface area contributed by atoms with Crippen molar-refractivity contribution in [3.05, 3.63) is 84.6 Å². The maximum Gasteiger partial charge on any atom is 0.264 e. The maximum atomic E-state index is 13.1. The molecule has 1 aromatic heterocycles. The molecule has 190 valence electrons. The molecule has 0 aliphatic carbocycles. The van der Waals surface area contributed by atoms with Crippen molar-refractivity contribution in [2.24, 2.45) is 0 Å². The molecule has 0 bridgehead atoms. The van der Waals surface area contributed by atoms with Crippen LogP contribution in [0.3, 0.4) is 0 Å². The van der Waals surface area contributed by atoms with Gasteiger partial charge in [0.2, 0.25) is 0 Å². The topological polar surface area (TPSA) is 112 Å². The van der Waals surface area contributed by atoms with Crippen LogP contribution in [0.25, 0.3) is 10.9 Å². The number of phenolic OH excluding ortho intramolecular Hbond substituents is 1. The number of amides is 1. The number of sulfonamides is 1. The molecule has 5 rings (SSSR count). The Morgan fingerprint density at radius 3 is 2.49 bits per heavy atom. The van der Waals surface area contributed by atoms with Crippen LogP contribution in [0.15, 0.2) is 83.9 Å². The number of aromatic nitrogens is 1. The van der Waals surface area contributed by atoms with Crippen LogP contribution in [0.2, 0.25) is 0 Å². The highest BCUT2D eigenvalue weighted by Gasteiger charge is 2.25. The Bertz CT molecular complexity index is 1560. The minimum absolute atomic E-state index is 0.00179. The molecular formula is C27H26N4O5S. The first-order valence-corrected chi connectivity index (χ1v) is 13.2. The van der Waals surface area contributed by atoms with E-state index in [0.29, 0.717) is 37.1 Å². The fourth-order valence-corrected chi connectivity index (χ4v) is 5.72. The van der Waals surface area contributed by atoms with Crippen LogP contribution in [-0.2, 0) is 10.0 Å². The van der Waals surface area contributed by atoms with Gasteiger partial charge in [-0.05, 0) is 42.5 Å². The Kier molecular flexibility index (Phi) is 6.58. The number of fused-ring (bicyclic) bond motifs is 1. The number of nitrogens with zero attached hydrogens (tertiary/aromatic N) is 3. The number of anilines is 2. The van der Waals surface area contributed by atoms with Gasteiger partial charge in [0.1, 0.15) is 16.4 Å². The molecular weight excluding hydrogens is 492 g/mol. The fraction of sp³-hybridized carbons (Fsp3) is 0.185. The van der Waals surface area contributed by atoms with Crippen LogP contribution in [-0.4, -0.2) is 62.6 Å². The number of methoxy groups -OCH3 is 1. The van der Waals surface area contributed by atoms with Gasteiger partial charge < -0.3 is 19.6 Å². The molecule has 1 fully saturated rings. The molecule has 0 atom stereocenters. The van der Waals surface area contributed by atoms with Gasteiger partial charge in [0, 0.05) is 43.3 Å². The standard InChI is InChI=1S/C27H26N4O5S/c1-36-24-9-3-2-8-22(24)30-14-16-31(17-15-30)27(33)20-11-12-21(23(32)18-20)29-37(34,35)25-10-4-6-19-7-5-13-28-26(19)25/h2-13,18,29,32H,14-17H2,1H3. The number of hydrogen-bond acceptors (Lipinski definition) is 7. The molecule has 2 heterocycles. The van der Waals surface area contributed by atoms with Crippen LogP contribution in [0.1, 0.15) is 10.4 Å². The second-order valence-electron chi connectivity index (χ2n) is 8.62. The van der Waals surface area contributed by atoms with Crippen molar-refractivity contribution in [1.82, 2.24) is 9.88 Å². The average Bonchev–Trinajstić information content (AvgIpc) is 2.93. The molecule has 9 nitrogen and oxygen atoms in total. The van der Waals surface area contributed by atoms with Crippen LogP contribution in [0.5, 0.6) is 11.5 Å². The van der Waals surface area contributed by atoms with E-state index in [2.05, 4.69) is 14.6 Å². The van der Waals surface area contributed by atoms with E-state index < -0.39 is 10.0 Å². The van der Waals surface area contributed by atoms with Gasteiger partial charge >= 0.3 is 0 Å². The lowest BCUT2D eigenvalue weighted by molar-refractivity contribution is 0.0746. The van der Waals surface area contributed by atoms with E-state index in [4.69, 9.17) is 4.74 Å². The summed E-state index contributed by atoms with van der Waals surface area (Å²) in [6, 6.07) is 20.3. The number of hydrogen-bond donors (Lipinski definition) is 2. The molecule has 0 radical (unpaired) electrons. The predicted molar refractivity (Wildman–Crippen MR) is 142 cm³/mol. The highest BCUT2D eigenvalue weighted by Crippen LogP contribution is 2.31. The largest absolute Gasteiger partial charge is 0.506 e. The van der Waals surface area contributed by atoms with Crippen molar-refractivity contribution >= 4 is 38.2 Å². The van der Waals surface area contributed by atoms with Crippen LogP contribution in [0, 0.1) is 0 Å². The summed E-state index contributed by atoms with van der Waals surface area (Å²) in [6.45, 7) is 2.27. The molecule has 10 heteroatoms. The third-order valence-electron chi connectivity index (χ3n) is 6.37. The summed E-state index contributed by atoms with van der Waals surface area (Å²) in [6.07, 6.45) is 1.52. The van der Waals surface area contributed by atoms with Gasteiger partial charge in [0.05, 0.1) is 24.0 Å². The van der Waals surface area contributed by atoms with E-state index in [0.717, 1.165) is 11.4 Å². The lowest BCUT2D eigenvalue weighted by Crippen LogP contribution is -2.48. The van der Waals surface area contributed by atoms with Gasteiger partial charge in [-0.25, -0.2) is 8.42 Å². The molecule has 1 amide bonds. The average molecular weight is 519 g/mol. The molecule has 4 aromatic rings. The van der Waals surface area contributed by atoms with Gasteiger partial charge in [0.25, 0.3) is 15.9 Å². The van der Waals surface area contributed by atoms with Crippen molar-refractivity contribution in [2.75, 3.05) is 42.9 Å². The number of benzene rings is 3. The molecule has 0 spiro atoms. The normalized spacial score (nSPS) is 14.0. The summed E-state index contributed by atoms with van der Waals surface area (Å²) in [5, 5.41) is 11.3. The second kappa shape index (κ2) is 9.98. The molecule has 0 saturated carbocycles. The van der Waals surface area contributed by atoms with E-state index in [1.54, 1.807) is 36.3 Å². The minimum Gasteiger partial charge on any atom is -0.506 e. The van der Waals surface area contributed by atoms with Gasteiger partial charge in [-0.3, -0.25) is 14.5 Å². The summed E-state index contributed by atoms with van der Waals surface area (Å²) in [7, 11) is -2.41. The molecule has 0 unspecified atom stereocenters. The smallest absolute Gasteiger partial charge is 0.264 e. The summed E-state index contributed by atoms with van der Waals surface area (Å²) in [5.74, 6) is 0.211. The third kappa shape index (κ3) is 4.88.